The molecule has 1 aliphatic rings. The maximum absolute atomic E-state index is 13.7. The van der Waals surface area contributed by atoms with Crippen LogP contribution in [0.4, 0.5) is 32.6 Å². The summed E-state index contributed by atoms with van der Waals surface area (Å²) in [5, 5.41) is 2.40. The summed E-state index contributed by atoms with van der Waals surface area (Å²) >= 11 is 1.87. The highest BCUT2D eigenvalue weighted by Crippen LogP contribution is 2.46. The van der Waals surface area contributed by atoms with E-state index in [1.54, 1.807) is 20.8 Å². The average Bonchev–Trinajstić information content (AvgIpc) is 3.82. The topological polar surface area (TPSA) is 247 Å². The van der Waals surface area contributed by atoms with Crippen LogP contribution in [0.15, 0.2) is 12.7 Å². The van der Waals surface area contributed by atoms with E-state index in [0.29, 0.717) is 17.1 Å². The summed E-state index contributed by atoms with van der Waals surface area (Å²) in [4.78, 5) is 72.0. The third-order valence-corrected chi connectivity index (χ3v) is 13.1. The first-order chi connectivity index (χ1) is 30.8. The molecule has 0 saturated carbocycles. The monoisotopic (exact) mass is 1120 g/mol. The lowest BCUT2D eigenvalue weighted by Crippen LogP contribution is -2.40. The van der Waals surface area contributed by atoms with Crippen LogP contribution in [0.3, 0.4) is 0 Å². The number of ether oxygens (including phenoxy) is 6. The van der Waals surface area contributed by atoms with Crippen LogP contribution in [0.5, 0.6) is 5.75 Å². The minimum absolute atomic E-state index is 0.0677. The Morgan fingerprint density at radius 1 is 0.924 bits per heavy atom. The number of nitrogens with zero attached hydrogens (tertiary/aromatic N) is 4. The summed E-state index contributed by atoms with van der Waals surface area (Å²) in [6, 6.07) is 0. The maximum Gasteiger partial charge on any atom is 0.514 e. The molecule has 1 amide bonds. The summed E-state index contributed by atoms with van der Waals surface area (Å²) in [6.07, 6.45) is -3.86. The molecule has 1 aliphatic heterocycles. The molecule has 2 unspecified atom stereocenters. The normalized spacial score (nSPS) is 18.9. The van der Waals surface area contributed by atoms with Crippen LogP contribution in [-0.2, 0) is 51.7 Å². The lowest BCUT2D eigenvalue weighted by Gasteiger charge is -2.29. The van der Waals surface area contributed by atoms with E-state index in [1.807, 2.05) is 36.7 Å². The van der Waals surface area contributed by atoms with Crippen molar-refractivity contribution in [1.82, 2.24) is 24.8 Å². The van der Waals surface area contributed by atoms with Crippen LogP contribution in [0, 0.1) is 39.9 Å². The van der Waals surface area contributed by atoms with Crippen molar-refractivity contribution in [3.05, 3.63) is 41.7 Å². The van der Waals surface area contributed by atoms with E-state index in [2.05, 4.69) is 28.5 Å². The molecule has 0 bridgehead atoms. The molecular weight excluding hydrogens is 1070 g/mol. The van der Waals surface area contributed by atoms with Crippen molar-refractivity contribution < 1.29 is 88.1 Å². The lowest BCUT2D eigenvalue weighted by molar-refractivity contribution is -0.165. The number of imidazole rings is 1. The molecule has 6 atom stereocenters. The number of hydrogen-bond donors (Lipinski definition) is 3. The third kappa shape index (κ3) is 15.7. The molecule has 4 rings (SSSR count). The quantitative estimate of drug-likeness (QED) is 0.00718. The Morgan fingerprint density at radius 3 is 2.18 bits per heavy atom. The Labute approximate surface area is 396 Å². The van der Waals surface area contributed by atoms with Gasteiger partial charge < -0.3 is 42.2 Å². The number of aromatic nitrogens is 4. The number of hydrogen-bond acceptors (Lipinski definition) is 19. The van der Waals surface area contributed by atoms with Gasteiger partial charge in [-0.1, -0.05) is 49.3 Å². The van der Waals surface area contributed by atoms with Crippen molar-refractivity contribution in [2.75, 3.05) is 48.9 Å². The van der Waals surface area contributed by atoms with Gasteiger partial charge in [-0.2, -0.15) is 8.78 Å². The van der Waals surface area contributed by atoms with Crippen molar-refractivity contribution in [2.45, 2.75) is 84.7 Å². The summed E-state index contributed by atoms with van der Waals surface area (Å²) in [7, 11) is -2.31. The smallest absolute Gasteiger partial charge is 0.456 e. The second kappa shape index (κ2) is 24.1. The Kier molecular flexibility index (Phi) is 20.0. The van der Waals surface area contributed by atoms with E-state index in [0.717, 1.165) is 13.8 Å². The van der Waals surface area contributed by atoms with E-state index in [4.69, 9.17) is 32.7 Å². The van der Waals surface area contributed by atoms with Gasteiger partial charge in [0, 0.05) is 48.6 Å². The Bertz CT molecular complexity index is 2240. The number of carbonyl (C=O) groups is 4. The van der Waals surface area contributed by atoms with Crippen molar-refractivity contribution in [3.63, 3.8) is 0 Å². The van der Waals surface area contributed by atoms with E-state index in [1.165, 1.54) is 38.8 Å². The van der Waals surface area contributed by atoms with Crippen molar-refractivity contribution in [1.29, 1.82) is 0 Å². The Morgan fingerprint density at radius 2 is 1.55 bits per heavy atom. The molecule has 3 N–H and O–H groups in total. The zero-order valence-corrected chi connectivity index (χ0v) is 41.0. The molecule has 20 nitrogen and oxygen atoms in total. The molecule has 1 saturated heterocycles. The average molecular weight is 1120 g/mol. The molecule has 1 fully saturated rings. The van der Waals surface area contributed by atoms with Crippen molar-refractivity contribution in [3.8, 4) is 5.75 Å². The zero-order chi connectivity index (χ0) is 49.1. The second-order valence-electron chi connectivity index (χ2n) is 16.0. The van der Waals surface area contributed by atoms with Gasteiger partial charge in [-0.25, -0.2) is 37.5 Å². The fourth-order valence-electron chi connectivity index (χ4n) is 5.71. The van der Waals surface area contributed by atoms with Gasteiger partial charge in [-0.3, -0.25) is 28.0 Å². The number of phosphoric acid groups is 1. The van der Waals surface area contributed by atoms with Crippen molar-refractivity contribution >= 4 is 93.3 Å². The van der Waals surface area contributed by atoms with Gasteiger partial charge in [0.15, 0.2) is 35.4 Å². The first-order valence-corrected chi connectivity index (χ1v) is 24.5. The van der Waals surface area contributed by atoms with Gasteiger partial charge in [0.2, 0.25) is 40.7 Å². The number of phosphoric ester groups is 1. The van der Waals surface area contributed by atoms with E-state index < -0.39 is 108 Å². The molecule has 3 aromatic rings. The van der Waals surface area contributed by atoms with E-state index in [-0.39, 0.29) is 50.9 Å². The van der Waals surface area contributed by atoms with Gasteiger partial charge in [0.1, 0.15) is 19.0 Å². The standard InChI is InChI=1S/C37H47F5IN6O14PS2/c1-18(10-57-35(53)63-30-26(41)24(39)23(38)25(40)27(30)42)66-65-9-8-22(52)44-12-36(4,5)13-56-14-37(6,7)15-59-64(54,55)58-11-21-29(60-19(2)50)31(61-20(3)51)34(62-21)49-17-47-28-32(48-43)45-16-46-33(28)49/h16-18,21,29,31,34H,8-15H2,1-7H3,(H,44,52)(H,54,55)(H,45,46,48)/t18?,21-,29-,31-,34-/m1/s1. The van der Waals surface area contributed by atoms with E-state index in [9.17, 15) is 50.6 Å². The van der Waals surface area contributed by atoms with Gasteiger partial charge in [-0.15, -0.1) is 0 Å². The number of esters is 2. The molecule has 66 heavy (non-hydrogen) atoms. The largest absolute Gasteiger partial charge is 0.514 e. The summed E-state index contributed by atoms with van der Waals surface area (Å²) in [5.41, 5.74) is -0.725. The lowest BCUT2D eigenvalue weighted by atomic mass is 9.93. The summed E-state index contributed by atoms with van der Waals surface area (Å²) in [6.45, 7) is 10.2. The molecule has 0 spiro atoms. The highest BCUT2D eigenvalue weighted by molar-refractivity contribution is 14.1. The predicted molar refractivity (Wildman–Crippen MR) is 233 cm³/mol. The molecule has 0 radical (unpaired) electrons. The van der Waals surface area contributed by atoms with Crippen LogP contribution in [0.25, 0.3) is 11.2 Å². The molecular formula is C37H47F5IN6O14PS2. The number of anilines is 1. The van der Waals surface area contributed by atoms with Crippen LogP contribution in [0.1, 0.15) is 61.1 Å². The number of halogens is 6. The number of fused-ring (bicyclic) bond motifs is 1. The number of benzene rings is 1. The fraction of sp³-hybridized carbons (Fsp3) is 0.595. The fourth-order valence-corrected chi connectivity index (χ4v) is 9.15. The highest BCUT2D eigenvalue weighted by Gasteiger charge is 2.51. The zero-order valence-electron chi connectivity index (χ0n) is 36.3. The van der Waals surface area contributed by atoms with Gasteiger partial charge in [-0.05, 0) is 6.92 Å². The van der Waals surface area contributed by atoms with Gasteiger partial charge >= 0.3 is 25.9 Å². The van der Waals surface area contributed by atoms with Crippen LogP contribution < -0.4 is 13.6 Å². The Hall–Kier alpha value is -3.64. The number of nitrogens with one attached hydrogen (secondary N) is 2. The first-order valence-electron chi connectivity index (χ1n) is 19.5. The summed E-state index contributed by atoms with van der Waals surface area (Å²) in [5.74, 6) is -14.4. The number of amides is 1. The summed E-state index contributed by atoms with van der Waals surface area (Å²) < 4.78 is 127. The van der Waals surface area contributed by atoms with Crippen LogP contribution >= 0.6 is 52.3 Å². The Balaban J connectivity index is 1.17. The minimum atomic E-state index is -4.77. The number of carbonyl (C=O) groups excluding carboxylic acids is 4. The van der Waals surface area contributed by atoms with Gasteiger partial charge in [0.25, 0.3) is 0 Å². The number of rotatable bonds is 24. The second-order valence-corrected chi connectivity index (χ2v) is 20.9. The highest BCUT2D eigenvalue weighted by atomic mass is 127. The van der Waals surface area contributed by atoms with Crippen LogP contribution in [-0.4, -0.2) is 117 Å². The molecule has 3 heterocycles. The van der Waals surface area contributed by atoms with Gasteiger partial charge in [0.05, 0.1) is 55.6 Å². The van der Waals surface area contributed by atoms with E-state index >= 15 is 0 Å². The SMILES string of the molecule is CC(=O)O[C@@H]1[C@H](OC(C)=O)[C@@H](COP(=O)(O)OCC(C)(C)COCC(C)(C)CNC(=O)CCSSC(C)COC(=O)Oc2c(F)c(F)c(F)c(F)c2F)O[C@H]1n1cnc2c(NI)ncnc21. The minimum Gasteiger partial charge on any atom is -0.456 e. The maximum atomic E-state index is 13.7. The molecule has 368 valence electrons. The molecule has 29 heteroatoms. The predicted octanol–water partition coefficient (Wildman–Crippen LogP) is 6.74. The first kappa shape index (κ1) is 55.0. The molecule has 1 aromatic carbocycles. The van der Waals surface area contributed by atoms with Crippen LogP contribution in [0.2, 0.25) is 0 Å². The molecule has 2 aromatic heterocycles. The third-order valence-electron chi connectivity index (χ3n) is 8.82. The molecule has 0 aliphatic carbocycles. The van der Waals surface area contributed by atoms with Crippen molar-refractivity contribution in [2.24, 2.45) is 10.8 Å².